The number of benzene rings is 1. The average molecular weight is 332 g/mol. The van der Waals surface area contributed by atoms with Crippen molar-refractivity contribution < 1.29 is 14.2 Å². The lowest BCUT2D eigenvalue weighted by atomic mass is 9.78. The first-order chi connectivity index (χ1) is 11.3. The fourth-order valence-electron chi connectivity index (χ4n) is 3.65. The molecule has 3 unspecified atom stereocenters. The lowest BCUT2D eigenvalue weighted by Crippen LogP contribution is -2.38. The number of carbonyl (C=O) groups is 2. The van der Waals surface area contributed by atoms with E-state index in [2.05, 4.69) is 6.92 Å². The van der Waals surface area contributed by atoms with Gasteiger partial charge in [0, 0.05) is 18.9 Å². The summed E-state index contributed by atoms with van der Waals surface area (Å²) >= 11 is 0. The van der Waals surface area contributed by atoms with Crippen molar-refractivity contribution in [3.8, 4) is 0 Å². The first-order valence-electron chi connectivity index (χ1n) is 8.70. The van der Waals surface area contributed by atoms with Crippen LogP contribution < -0.4 is 0 Å². The van der Waals surface area contributed by atoms with E-state index in [9.17, 15) is 14.8 Å². The number of quaternary nitrogens is 1. The molecule has 1 heterocycles. The molecule has 2 rings (SSSR count). The van der Waals surface area contributed by atoms with Gasteiger partial charge in [0.2, 0.25) is 11.8 Å². The van der Waals surface area contributed by atoms with Gasteiger partial charge in [0.15, 0.2) is 0 Å². The van der Waals surface area contributed by atoms with Crippen LogP contribution in [0.2, 0.25) is 0 Å². The molecule has 5 heteroatoms. The highest BCUT2D eigenvalue weighted by molar-refractivity contribution is 6.05. The van der Waals surface area contributed by atoms with E-state index in [1.807, 2.05) is 37.3 Å². The van der Waals surface area contributed by atoms with Crippen molar-refractivity contribution in [2.45, 2.75) is 32.6 Å². The van der Waals surface area contributed by atoms with Crippen molar-refractivity contribution in [2.75, 3.05) is 27.2 Å². The number of likely N-dealkylation sites (tertiary alicyclic amines) is 1. The van der Waals surface area contributed by atoms with Crippen LogP contribution in [0.3, 0.4) is 0 Å². The molecule has 1 aromatic rings. The summed E-state index contributed by atoms with van der Waals surface area (Å²) in [5, 5.41) is 11.7. The molecule has 0 radical (unpaired) electrons. The van der Waals surface area contributed by atoms with E-state index in [0.29, 0.717) is 19.5 Å². The molecule has 0 saturated carbocycles. The minimum absolute atomic E-state index is 0.0504. The zero-order valence-electron chi connectivity index (χ0n) is 15.1. The van der Waals surface area contributed by atoms with Gasteiger partial charge in [-0.2, -0.15) is 0 Å². The van der Waals surface area contributed by atoms with Crippen LogP contribution in [-0.2, 0) is 9.59 Å². The molecule has 0 bridgehead atoms. The third kappa shape index (κ3) is 4.02. The number of rotatable bonds is 7. The second-order valence-corrected chi connectivity index (χ2v) is 7.22. The number of hydrogen-bond acceptors (Lipinski definition) is 3. The number of amides is 2. The average Bonchev–Trinajstić information content (AvgIpc) is 2.73. The van der Waals surface area contributed by atoms with Crippen LogP contribution >= 0.6 is 0 Å². The number of hydroxylamine groups is 3. The highest BCUT2D eigenvalue weighted by Gasteiger charge is 2.48. The maximum atomic E-state index is 12.9. The normalized spacial score (nSPS) is 23.0. The largest absolute Gasteiger partial charge is 0.633 e. The van der Waals surface area contributed by atoms with Gasteiger partial charge in [-0.15, -0.1) is 0 Å². The summed E-state index contributed by atoms with van der Waals surface area (Å²) in [7, 11) is 3.14. The maximum Gasteiger partial charge on any atom is 0.233 e. The molecule has 132 valence electrons. The van der Waals surface area contributed by atoms with Crippen molar-refractivity contribution in [1.82, 2.24) is 4.90 Å². The molecular weight excluding hydrogens is 304 g/mol. The summed E-state index contributed by atoms with van der Waals surface area (Å²) in [5.41, 5.74) is 1.11. The molecule has 2 amide bonds. The zero-order valence-corrected chi connectivity index (χ0v) is 15.1. The van der Waals surface area contributed by atoms with E-state index in [1.54, 1.807) is 14.1 Å². The zero-order chi connectivity index (χ0) is 17.9. The van der Waals surface area contributed by atoms with Crippen LogP contribution in [0.1, 0.15) is 38.2 Å². The van der Waals surface area contributed by atoms with Crippen molar-refractivity contribution in [1.29, 1.82) is 0 Å². The molecule has 0 spiro atoms. The van der Waals surface area contributed by atoms with E-state index in [4.69, 9.17) is 0 Å². The standard InChI is InChI=1S/C19H28N2O3/c1-5-16(15-10-7-6-8-11-15)17-14(2)18(22)20(19(17)23)12-9-13-21(3,4)24/h6-8,10-11,14,16-17H,5,9,12-13H2,1-4H3. The van der Waals surface area contributed by atoms with Gasteiger partial charge in [-0.1, -0.05) is 44.2 Å². The van der Waals surface area contributed by atoms with Gasteiger partial charge in [-0.25, -0.2) is 0 Å². The Balaban J connectivity index is 2.14. The summed E-state index contributed by atoms with van der Waals surface area (Å²) in [5.74, 6) is -0.749. The molecule has 0 N–H and O–H groups in total. The smallest absolute Gasteiger partial charge is 0.233 e. The number of hydrogen-bond donors (Lipinski definition) is 0. The quantitative estimate of drug-likeness (QED) is 0.438. The minimum atomic E-state index is -0.406. The molecule has 1 aliphatic rings. The Morgan fingerprint density at radius 2 is 1.79 bits per heavy atom. The predicted octanol–water partition coefficient (Wildman–Crippen LogP) is 2.77. The molecule has 1 aliphatic heterocycles. The Morgan fingerprint density at radius 1 is 1.17 bits per heavy atom. The van der Waals surface area contributed by atoms with Crippen molar-refractivity contribution in [2.24, 2.45) is 11.8 Å². The number of imide groups is 1. The minimum Gasteiger partial charge on any atom is -0.633 e. The molecular formula is C19H28N2O3. The Hall–Kier alpha value is -1.72. The van der Waals surface area contributed by atoms with Crippen molar-refractivity contribution in [3.05, 3.63) is 41.1 Å². The second-order valence-electron chi connectivity index (χ2n) is 7.22. The molecule has 1 aromatic carbocycles. The first kappa shape index (κ1) is 18.6. The van der Waals surface area contributed by atoms with E-state index in [0.717, 1.165) is 12.0 Å². The van der Waals surface area contributed by atoms with Crippen molar-refractivity contribution in [3.63, 3.8) is 0 Å². The van der Waals surface area contributed by atoms with E-state index >= 15 is 0 Å². The van der Waals surface area contributed by atoms with Crippen molar-refractivity contribution >= 4 is 11.8 Å². The highest BCUT2D eigenvalue weighted by atomic mass is 16.5. The van der Waals surface area contributed by atoms with Gasteiger partial charge in [-0.3, -0.25) is 14.5 Å². The highest BCUT2D eigenvalue weighted by Crippen LogP contribution is 2.39. The first-order valence-corrected chi connectivity index (χ1v) is 8.70. The summed E-state index contributed by atoms with van der Waals surface area (Å²) in [6.45, 7) is 4.64. The summed E-state index contributed by atoms with van der Waals surface area (Å²) in [4.78, 5) is 26.8. The van der Waals surface area contributed by atoms with Gasteiger partial charge in [0.1, 0.15) is 0 Å². The molecule has 0 aromatic heterocycles. The molecule has 1 fully saturated rings. The van der Waals surface area contributed by atoms with Gasteiger partial charge in [0.05, 0.1) is 26.6 Å². The number of nitrogens with zero attached hydrogens (tertiary/aromatic N) is 2. The van der Waals surface area contributed by atoms with Crippen LogP contribution in [0.25, 0.3) is 0 Å². The summed E-state index contributed by atoms with van der Waals surface area (Å²) in [6.07, 6.45) is 1.35. The third-order valence-corrected chi connectivity index (χ3v) is 4.92. The van der Waals surface area contributed by atoms with Gasteiger partial charge in [-0.05, 0) is 17.9 Å². The molecule has 5 nitrogen and oxygen atoms in total. The van der Waals surface area contributed by atoms with Gasteiger partial charge in [0.25, 0.3) is 0 Å². The topological polar surface area (TPSA) is 60.4 Å². The predicted molar refractivity (Wildman–Crippen MR) is 93.8 cm³/mol. The van der Waals surface area contributed by atoms with Crippen LogP contribution in [0.5, 0.6) is 0 Å². The SMILES string of the molecule is CCC(c1ccccc1)C1C(=O)N(CCC[N+](C)(C)[O-])C(=O)C1C. The van der Waals surface area contributed by atoms with E-state index in [1.165, 1.54) is 4.90 Å². The monoisotopic (exact) mass is 332 g/mol. The van der Waals surface area contributed by atoms with Gasteiger partial charge >= 0.3 is 0 Å². The number of carbonyl (C=O) groups excluding carboxylic acids is 2. The Kier molecular flexibility index (Phi) is 5.78. The van der Waals surface area contributed by atoms with Crippen LogP contribution in [0, 0.1) is 17.0 Å². The molecule has 0 aliphatic carbocycles. The van der Waals surface area contributed by atoms with Crippen LogP contribution in [-0.4, -0.2) is 48.5 Å². The van der Waals surface area contributed by atoms with Gasteiger partial charge < -0.3 is 9.85 Å². The molecule has 3 atom stereocenters. The Bertz CT molecular complexity index is 580. The maximum absolute atomic E-state index is 12.9. The lowest BCUT2D eigenvalue weighted by molar-refractivity contribution is -0.840. The fraction of sp³-hybridized carbons (Fsp3) is 0.579. The molecule has 1 saturated heterocycles. The van der Waals surface area contributed by atoms with E-state index in [-0.39, 0.29) is 29.6 Å². The lowest BCUT2D eigenvalue weighted by Gasteiger charge is -2.34. The second kappa shape index (κ2) is 7.45. The van der Waals surface area contributed by atoms with Crippen LogP contribution in [0.4, 0.5) is 0 Å². The Morgan fingerprint density at radius 3 is 2.33 bits per heavy atom. The summed E-state index contributed by atoms with van der Waals surface area (Å²) < 4.78 is -0.406. The fourth-order valence-corrected chi connectivity index (χ4v) is 3.65. The molecule has 24 heavy (non-hydrogen) atoms. The van der Waals surface area contributed by atoms with E-state index < -0.39 is 4.65 Å². The summed E-state index contributed by atoms with van der Waals surface area (Å²) in [6, 6.07) is 9.94. The third-order valence-electron chi connectivity index (χ3n) is 4.92. The van der Waals surface area contributed by atoms with Crippen LogP contribution in [0.15, 0.2) is 30.3 Å². The Labute approximate surface area is 144 Å².